The van der Waals surface area contributed by atoms with Gasteiger partial charge in [0.15, 0.2) is 0 Å². The molecule has 0 radical (unpaired) electrons. The maximum absolute atomic E-state index is 13.5. The number of nitrogens with zero attached hydrogens (tertiary/aromatic N) is 1. The van der Waals surface area contributed by atoms with E-state index in [2.05, 4.69) is 10.3 Å². The molecule has 0 unspecified atom stereocenters. The summed E-state index contributed by atoms with van der Waals surface area (Å²) in [6.45, 7) is 2.45. The predicted octanol–water partition coefficient (Wildman–Crippen LogP) is 3.69. The molecule has 0 bridgehead atoms. The van der Waals surface area contributed by atoms with Crippen molar-refractivity contribution < 1.29 is 13.6 Å². The number of benzene rings is 2. The number of nitrogens with one attached hydrogen (secondary N) is 1. The van der Waals surface area contributed by atoms with Crippen LogP contribution in [0.4, 0.5) is 4.39 Å². The summed E-state index contributed by atoms with van der Waals surface area (Å²) >= 11 is 0. The SMILES string of the molecule is Cc1ccc(-c2nc(CCNC(=O)Cc3ccccc3F)co2)cc1. The lowest BCUT2D eigenvalue weighted by Crippen LogP contribution is -2.27. The van der Waals surface area contributed by atoms with Crippen LogP contribution in [0.2, 0.25) is 0 Å². The van der Waals surface area contributed by atoms with Crippen LogP contribution in [0.3, 0.4) is 0 Å². The van der Waals surface area contributed by atoms with Crippen molar-refractivity contribution in [2.24, 2.45) is 0 Å². The van der Waals surface area contributed by atoms with Crippen LogP contribution < -0.4 is 5.32 Å². The van der Waals surface area contributed by atoms with Crippen molar-refractivity contribution in [2.45, 2.75) is 19.8 Å². The summed E-state index contributed by atoms with van der Waals surface area (Å²) in [5, 5.41) is 2.78. The van der Waals surface area contributed by atoms with Crippen LogP contribution >= 0.6 is 0 Å². The van der Waals surface area contributed by atoms with Crippen LogP contribution in [-0.4, -0.2) is 17.4 Å². The highest BCUT2D eigenvalue weighted by Gasteiger charge is 2.09. The van der Waals surface area contributed by atoms with E-state index in [0.717, 1.165) is 11.3 Å². The second-order valence-corrected chi connectivity index (χ2v) is 5.88. The van der Waals surface area contributed by atoms with Crippen molar-refractivity contribution >= 4 is 5.91 Å². The molecule has 0 atom stereocenters. The number of carbonyl (C=O) groups excluding carboxylic acids is 1. The average molecular weight is 338 g/mol. The molecule has 1 heterocycles. The Morgan fingerprint density at radius 1 is 1.16 bits per heavy atom. The second-order valence-electron chi connectivity index (χ2n) is 5.88. The van der Waals surface area contributed by atoms with Gasteiger partial charge in [-0.05, 0) is 30.7 Å². The molecule has 3 rings (SSSR count). The smallest absolute Gasteiger partial charge is 0.226 e. The molecule has 1 N–H and O–H groups in total. The third kappa shape index (κ3) is 4.53. The number of aryl methyl sites for hydroxylation is 1. The number of amides is 1. The van der Waals surface area contributed by atoms with Gasteiger partial charge in [-0.25, -0.2) is 9.37 Å². The van der Waals surface area contributed by atoms with Crippen molar-refractivity contribution in [3.05, 3.63) is 77.4 Å². The summed E-state index contributed by atoms with van der Waals surface area (Å²) in [7, 11) is 0. The zero-order valence-electron chi connectivity index (χ0n) is 14.0. The Labute approximate surface area is 145 Å². The molecule has 25 heavy (non-hydrogen) atoms. The highest BCUT2D eigenvalue weighted by Crippen LogP contribution is 2.19. The Morgan fingerprint density at radius 3 is 2.68 bits per heavy atom. The first kappa shape index (κ1) is 16.9. The van der Waals surface area contributed by atoms with E-state index in [1.807, 2.05) is 31.2 Å². The first-order valence-electron chi connectivity index (χ1n) is 8.13. The van der Waals surface area contributed by atoms with Gasteiger partial charge in [0.05, 0.1) is 12.1 Å². The Balaban J connectivity index is 1.50. The lowest BCUT2D eigenvalue weighted by Gasteiger charge is -2.04. The fourth-order valence-electron chi connectivity index (χ4n) is 2.46. The first-order valence-corrected chi connectivity index (χ1v) is 8.13. The average Bonchev–Trinajstić information content (AvgIpc) is 3.06. The van der Waals surface area contributed by atoms with Gasteiger partial charge in [-0.2, -0.15) is 0 Å². The summed E-state index contributed by atoms with van der Waals surface area (Å²) in [5.74, 6) is -0.0167. The van der Waals surface area contributed by atoms with E-state index < -0.39 is 0 Å². The molecule has 1 aromatic heterocycles. The van der Waals surface area contributed by atoms with Gasteiger partial charge in [0.1, 0.15) is 12.1 Å². The highest BCUT2D eigenvalue weighted by atomic mass is 19.1. The second kappa shape index (κ2) is 7.75. The lowest BCUT2D eigenvalue weighted by atomic mass is 10.1. The van der Waals surface area contributed by atoms with E-state index in [9.17, 15) is 9.18 Å². The van der Waals surface area contributed by atoms with Crippen LogP contribution in [0.15, 0.2) is 59.2 Å². The molecule has 128 valence electrons. The van der Waals surface area contributed by atoms with Crippen molar-refractivity contribution in [1.82, 2.24) is 10.3 Å². The number of oxazole rings is 1. The van der Waals surface area contributed by atoms with Crippen molar-refractivity contribution in [2.75, 3.05) is 6.54 Å². The van der Waals surface area contributed by atoms with Crippen molar-refractivity contribution in [3.8, 4) is 11.5 Å². The molecule has 0 saturated heterocycles. The number of aromatic nitrogens is 1. The summed E-state index contributed by atoms with van der Waals surface area (Å²) < 4.78 is 19.0. The van der Waals surface area contributed by atoms with Crippen molar-refractivity contribution in [1.29, 1.82) is 0 Å². The van der Waals surface area contributed by atoms with E-state index in [1.165, 1.54) is 11.6 Å². The van der Waals surface area contributed by atoms with Crippen LogP contribution in [0.25, 0.3) is 11.5 Å². The number of carbonyl (C=O) groups is 1. The van der Waals surface area contributed by atoms with E-state index in [1.54, 1.807) is 24.5 Å². The minimum absolute atomic E-state index is 0.0279. The standard InChI is InChI=1S/C20H19FN2O2/c1-14-6-8-15(9-7-14)20-23-17(13-25-20)10-11-22-19(24)12-16-4-2-3-5-18(16)21/h2-9,13H,10-12H2,1H3,(H,22,24). The quantitative estimate of drug-likeness (QED) is 0.746. The summed E-state index contributed by atoms with van der Waals surface area (Å²) in [5.41, 5.74) is 3.25. The lowest BCUT2D eigenvalue weighted by molar-refractivity contribution is -0.120. The van der Waals surface area contributed by atoms with Crippen molar-refractivity contribution in [3.63, 3.8) is 0 Å². The number of hydrogen-bond donors (Lipinski definition) is 1. The first-order chi connectivity index (χ1) is 12.1. The third-order valence-corrected chi connectivity index (χ3v) is 3.86. The molecular formula is C20H19FN2O2. The van der Waals surface area contributed by atoms with Gasteiger partial charge in [0.2, 0.25) is 11.8 Å². The van der Waals surface area contributed by atoms with E-state index in [4.69, 9.17) is 4.42 Å². The monoisotopic (exact) mass is 338 g/mol. The molecule has 0 spiro atoms. The molecule has 1 amide bonds. The minimum atomic E-state index is -0.364. The molecule has 3 aromatic rings. The fraction of sp³-hybridized carbons (Fsp3) is 0.200. The molecule has 0 fully saturated rings. The zero-order chi connectivity index (χ0) is 17.6. The summed E-state index contributed by atoms with van der Waals surface area (Å²) in [6, 6.07) is 14.2. The Kier molecular flexibility index (Phi) is 5.23. The van der Waals surface area contributed by atoms with Gasteiger partial charge in [0, 0.05) is 18.5 Å². The molecule has 5 heteroatoms. The maximum atomic E-state index is 13.5. The van der Waals surface area contributed by atoms with E-state index in [-0.39, 0.29) is 18.1 Å². The number of rotatable bonds is 6. The highest BCUT2D eigenvalue weighted by molar-refractivity contribution is 5.78. The van der Waals surface area contributed by atoms with Gasteiger partial charge in [-0.1, -0.05) is 35.9 Å². The normalized spacial score (nSPS) is 10.6. The van der Waals surface area contributed by atoms with Crippen LogP contribution in [0.5, 0.6) is 0 Å². The van der Waals surface area contributed by atoms with Gasteiger partial charge >= 0.3 is 0 Å². The number of hydrogen-bond acceptors (Lipinski definition) is 3. The maximum Gasteiger partial charge on any atom is 0.226 e. The van der Waals surface area contributed by atoms with Gasteiger partial charge < -0.3 is 9.73 Å². The minimum Gasteiger partial charge on any atom is -0.444 e. The van der Waals surface area contributed by atoms with Gasteiger partial charge in [-0.3, -0.25) is 4.79 Å². The van der Waals surface area contributed by atoms with Crippen LogP contribution in [0.1, 0.15) is 16.8 Å². The molecule has 0 aliphatic heterocycles. The van der Waals surface area contributed by atoms with Gasteiger partial charge in [-0.15, -0.1) is 0 Å². The van der Waals surface area contributed by atoms with Crippen LogP contribution in [0, 0.1) is 12.7 Å². The molecule has 0 aliphatic carbocycles. The fourth-order valence-corrected chi connectivity index (χ4v) is 2.46. The Hall–Kier alpha value is -2.95. The Bertz CT molecular complexity index is 856. The summed E-state index contributed by atoms with van der Waals surface area (Å²) in [6.07, 6.45) is 2.18. The van der Waals surface area contributed by atoms with E-state index in [0.29, 0.717) is 24.4 Å². The number of halogens is 1. The topological polar surface area (TPSA) is 55.1 Å². The molecular weight excluding hydrogens is 319 g/mol. The Morgan fingerprint density at radius 2 is 1.92 bits per heavy atom. The molecule has 0 aliphatic rings. The van der Waals surface area contributed by atoms with Crippen LogP contribution in [-0.2, 0) is 17.6 Å². The third-order valence-electron chi connectivity index (χ3n) is 3.86. The molecule has 2 aromatic carbocycles. The summed E-state index contributed by atoms with van der Waals surface area (Å²) in [4.78, 5) is 16.3. The molecule has 0 saturated carbocycles. The van der Waals surface area contributed by atoms with E-state index >= 15 is 0 Å². The zero-order valence-corrected chi connectivity index (χ0v) is 14.0. The largest absolute Gasteiger partial charge is 0.444 e. The predicted molar refractivity (Wildman–Crippen MR) is 93.5 cm³/mol. The molecule has 4 nitrogen and oxygen atoms in total. The van der Waals surface area contributed by atoms with Gasteiger partial charge in [0.25, 0.3) is 0 Å².